The Morgan fingerprint density at radius 2 is 2.12 bits per heavy atom. The molecular formula is C18H25BrN2O5. The van der Waals surface area contributed by atoms with Crippen molar-refractivity contribution in [2.45, 2.75) is 50.7 Å². The Balaban J connectivity index is 2.26. The predicted octanol–water partition coefficient (Wildman–Crippen LogP) is 3.48. The normalized spacial score (nSPS) is 17.9. The monoisotopic (exact) mass is 428 g/mol. The number of carbonyl (C=O) groups excluding carboxylic acids is 1. The van der Waals surface area contributed by atoms with Gasteiger partial charge in [0.1, 0.15) is 5.60 Å². The van der Waals surface area contributed by atoms with Gasteiger partial charge in [-0.05, 0) is 51.3 Å². The maximum Gasteiger partial charge on any atom is 0.408 e. The highest BCUT2D eigenvalue weighted by atomic mass is 79.9. The highest BCUT2D eigenvalue weighted by molar-refractivity contribution is 9.10. The van der Waals surface area contributed by atoms with Crippen LogP contribution in [0.25, 0.3) is 0 Å². The number of ether oxygens (including phenoxy) is 1. The van der Waals surface area contributed by atoms with E-state index >= 15 is 0 Å². The fourth-order valence-corrected chi connectivity index (χ4v) is 3.70. The van der Waals surface area contributed by atoms with E-state index in [0.29, 0.717) is 12.8 Å². The lowest BCUT2D eigenvalue weighted by molar-refractivity contribution is -0.485. The van der Waals surface area contributed by atoms with E-state index in [-0.39, 0.29) is 18.1 Å². The molecule has 1 aliphatic carbocycles. The number of rotatable bonds is 7. The van der Waals surface area contributed by atoms with Crippen LogP contribution in [-0.2, 0) is 4.74 Å². The molecule has 0 bridgehead atoms. The number of amides is 1. The summed E-state index contributed by atoms with van der Waals surface area (Å²) >= 11 is 3.39. The Hall–Kier alpha value is -1.67. The van der Waals surface area contributed by atoms with Gasteiger partial charge in [0.05, 0.1) is 5.92 Å². The fourth-order valence-electron chi connectivity index (χ4n) is 3.28. The minimum absolute atomic E-state index is 0.263. The third-order valence-corrected chi connectivity index (χ3v) is 5.05. The second kappa shape index (κ2) is 7.92. The van der Waals surface area contributed by atoms with Gasteiger partial charge in [-0.15, -0.1) is 0 Å². The maximum atomic E-state index is 12.2. The number of halogens is 1. The predicted molar refractivity (Wildman–Crippen MR) is 101 cm³/mol. The summed E-state index contributed by atoms with van der Waals surface area (Å²) < 4.78 is 6.13. The van der Waals surface area contributed by atoms with Crippen LogP contribution >= 0.6 is 15.9 Å². The van der Waals surface area contributed by atoms with Crippen molar-refractivity contribution in [3.8, 4) is 0 Å². The number of aliphatic hydroxyl groups is 1. The largest absolute Gasteiger partial charge is 0.444 e. The second-order valence-electron chi connectivity index (χ2n) is 7.75. The highest BCUT2D eigenvalue weighted by Crippen LogP contribution is 2.48. The molecule has 0 aromatic heterocycles. The molecule has 0 spiro atoms. The van der Waals surface area contributed by atoms with Crippen molar-refractivity contribution in [1.29, 1.82) is 0 Å². The van der Waals surface area contributed by atoms with Crippen LogP contribution in [0.1, 0.15) is 45.1 Å². The van der Waals surface area contributed by atoms with Gasteiger partial charge in [-0.3, -0.25) is 10.1 Å². The van der Waals surface area contributed by atoms with E-state index in [1.54, 1.807) is 20.8 Å². The van der Waals surface area contributed by atoms with E-state index in [4.69, 9.17) is 4.74 Å². The van der Waals surface area contributed by atoms with Gasteiger partial charge in [-0.2, -0.15) is 0 Å². The van der Waals surface area contributed by atoms with Gasteiger partial charge in [-0.1, -0.05) is 28.1 Å². The lowest BCUT2D eigenvalue weighted by atomic mass is 9.80. The molecule has 1 aromatic rings. The summed E-state index contributed by atoms with van der Waals surface area (Å²) in [5, 5.41) is 24.1. The number of aliphatic hydroxyl groups excluding tert-OH is 1. The van der Waals surface area contributed by atoms with Crippen LogP contribution in [0.3, 0.4) is 0 Å². The average Bonchev–Trinajstić information content (AvgIpc) is 3.24. The summed E-state index contributed by atoms with van der Waals surface area (Å²) in [6, 6.07) is 7.28. The van der Waals surface area contributed by atoms with Gasteiger partial charge in [-0.25, -0.2) is 4.79 Å². The number of alkyl carbamates (subject to hydrolysis) is 1. The van der Waals surface area contributed by atoms with Gasteiger partial charge in [0, 0.05) is 27.5 Å². The molecule has 2 atom stereocenters. The highest BCUT2D eigenvalue weighted by Gasteiger charge is 2.54. The Bertz CT molecular complexity index is 670. The van der Waals surface area contributed by atoms with Crippen molar-refractivity contribution in [2.24, 2.45) is 5.92 Å². The average molecular weight is 429 g/mol. The Morgan fingerprint density at radius 3 is 2.58 bits per heavy atom. The second-order valence-corrected chi connectivity index (χ2v) is 8.66. The summed E-state index contributed by atoms with van der Waals surface area (Å²) in [7, 11) is 0. The zero-order chi connectivity index (χ0) is 19.5. The molecule has 0 unspecified atom stereocenters. The van der Waals surface area contributed by atoms with Crippen molar-refractivity contribution in [3.63, 3.8) is 0 Å². The van der Waals surface area contributed by atoms with Crippen LogP contribution < -0.4 is 5.32 Å². The van der Waals surface area contributed by atoms with Gasteiger partial charge in [0.25, 0.3) is 0 Å². The number of benzene rings is 1. The molecule has 7 nitrogen and oxygen atoms in total. The van der Waals surface area contributed by atoms with Crippen LogP contribution in [0, 0.1) is 16.0 Å². The first-order chi connectivity index (χ1) is 12.1. The van der Waals surface area contributed by atoms with E-state index in [9.17, 15) is 20.0 Å². The number of nitro groups is 1. The summed E-state index contributed by atoms with van der Waals surface area (Å²) in [6.07, 6.45) is 0.738. The quantitative estimate of drug-likeness (QED) is 0.511. The van der Waals surface area contributed by atoms with Crippen molar-refractivity contribution >= 4 is 22.0 Å². The third kappa shape index (κ3) is 5.41. The minimum atomic E-state index is -0.680. The summed E-state index contributed by atoms with van der Waals surface area (Å²) in [4.78, 5) is 23.1. The van der Waals surface area contributed by atoms with Gasteiger partial charge in [0.15, 0.2) is 0 Å². The molecule has 1 saturated carbocycles. The zero-order valence-corrected chi connectivity index (χ0v) is 16.8. The molecule has 0 heterocycles. The number of nitrogens with zero attached hydrogens (tertiary/aromatic N) is 1. The van der Waals surface area contributed by atoms with E-state index in [2.05, 4.69) is 21.2 Å². The number of carbonyl (C=O) groups is 1. The first-order valence-electron chi connectivity index (χ1n) is 8.55. The molecule has 8 heteroatoms. The molecule has 1 aromatic carbocycles. The summed E-state index contributed by atoms with van der Waals surface area (Å²) in [5.41, 5.74) is -0.563. The first-order valence-corrected chi connectivity index (χ1v) is 9.35. The molecule has 0 saturated heterocycles. The van der Waals surface area contributed by atoms with Crippen molar-refractivity contribution in [1.82, 2.24) is 5.32 Å². The van der Waals surface area contributed by atoms with Crippen LogP contribution in [0.2, 0.25) is 0 Å². The van der Waals surface area contributed by atoms with E-state index in [0.717, 1.165) is 10.0 Å². The number of nitrogens with one attached hydrogen (secondary N) is 1. The van der Waals surface area contributed by atoms with Gasteiger partial charge < -0.3 is 15.2 Å². The molecule has 1 amide bonds. The zero-order valence-electron chi connectivity index (χ0n) is 15.2. The number of hydrogen-bond donors (Lipinski definition) is 2. The maximum absolute atomic E-state index is 12.2. The molecule has 2 N–H and O–H groups in total. The fraction of sp³-hybridized carbons (Fsp3) is 0.611. The lowest BCUT2D eigenvalue weighted by Gasteiger charge is -2.32. The van der Waals surface area contributed by atoms with E-state index in [1.165, 1.54) is 0 Å². The molecule has 2 rings (SSSR count). The van der Waals surface area contributed by atoms with Crippen LogP contribution in [0.4, 0.5) is 4.79 Å². The van der Waals surface area contributed by atoms with E-state index < -0.39 is 29.1 Å². The summed E-state index contributed by atoms with van der Waals surface area (Å²) in [5.74, 6) is -1.00. The molecule has 0 radical (unpaired) electrons. The number of hydrogen-bond acceptors (Lipinski definition) is 5. The Labute approximate surface area is 161 Å². The lowest BCUT2D eigenvalue weighted by Crippen LogP contribution is -2.48. The first kappa shape index (κ1) is 20.6. The minimum Gasteiger partial charge on any atom is -0.444 e. The molecule has 1 fully saturated rings. The molecule has 0 aliphatic heterocycles. The Morgan fingerprint density at radius 1 is 1.46 bits per heavy atom. The summed E-state index contributed by atoms with van der Waals surface area (Å²) in [6.45, 7) is 4.73. The topological polar surface area (TPSA) is 102 Å². The van der Waals surface area contributed by atoms with Crippen molar-refractivity contribution in [2.75, 3.05) is 13.2 Å². The van der Waals surface area contributed by atoms with Crippen molar-refractivity contribution < 1.29 is 19.6 Å². The molecule has 1 aliphatic rings. The van der Waals surface area contributed by atoms with E-state index in [1.807, 2.05) is 24.3 Å². The smallest absolute Gasteiger partial charge is 0.408 e. The van der Waals surface area contributed by atoms with Crippen LogP contribution in [0.15, 0.2) is 28.7 Å². The Kier molecular flexibility index (Phi) is 6.29. The standard InChI is InChI=1S/C18H25BrN2O5/c1-17(2,3)26-16(23)20-18(7-8-18)15(11-22)14(10-21(24)25)12-5-4-6-13(19)9-12/h4-6,9,14-15,22H,7-8,10-11H2,1-3H3,(H,20,23)/t14-,15-/m1/s1. The van der Waals surface area contributed by atoms with Crippen LogP contribution in [0.5, 0.6) is 0 Å². The van der Waals surface area contributed by atoms with Gasteiger partial charge in [0.2, 0.25) is 6.54 Å². The molecular weight excluding hydrogens is 404 g/mol. The third-order valence-electron chi connectivity index (χ3n) is 4.55. The SMILES string of the molecule is CC(C)(C)OC(=O)NC1([C@H](CO)[C@H](C[N+](=O)[O-])c2cccc(Br)c2)CC1. The molecule has 26 heavy (non-hydrogen) atoms. The van der Waals surface area contributed by atoms with Crippen molar-refractivity contribution in [3.05, 3.63) is 44.4 Å². The molecule has 144 valence electrons. The van der Waals surface area contributed by atoms with Gasteiger partial charge >= 0.3 is 6.09 Å². The van der Waals surface area contributed by atoms with Crippen LogP contribution in [-0.4, -0.2) is 40.4 Å².